The number of hydrogen-bond donors (Lipinski definition) is 1. The molecule has 1 aromatic carbocycles. The Kier molecular flexibility index (Phi) is 2.19. The maximum Gasteiger partial charge on any atom is 0.339 e. The van der Waals surface area contributed by atoms with Crippen molar-refractivity contribution in [3.05, 3.63) is 29.5 Å². The van der Waals surface area contributed by atoms with Crippen LogP contribution >= 0.6 is 0 Å². The molecular formula is C11H11NO3. The zero-order chi connectivity index (χ0) is 11.0. The van der Waals surface area contributed by atoms with Gasteiger partial charge in [-0.05, 0) is 18.1 Å². The normalized spacial score (nSPS) is 11.1. The smallest absolute Gasteiger partial charge is 0.339 e. The van der Waals surface area contributed by atoms with Gasteiger partial charge in [0, 0.05) is 5.39 Å². The summed E-state index contributed by atoms with van der Waals surface area (Å²) in [5, 5.41) is 13.6. The summed E-state index contributed by atoms with van der Waals surface area (Å²) >= 11 is 0. The molecule has 4 heteroatoms. The Morgan fingerprint density at radius 2 is 2.20 bits per heavy atom. The molecule has 1 heterocycles. The predicted molar refractivity (Wildman–Crippen MR) is 55.1 cm³/mol. The first-order valence-electron chi connectivity index (χ1n) is 4.73. The van der Waals surface area contributed by atoms with Gasteiger partial charge < -0.3 is 9.63 Å². The Morgan fingerprint density at radius 3 is 2.80 bits per heavy atom. The van der Waals surface area contributed by atoms with E-state index in [1.807, 2.05) is 19.9 Å². The summed E-state index contributed by atoms with van der Waals surface area (Å²) in [6.45, 7) is 3.98. The number of aromatic carboxylic acids is 1. The number of para-hydroxylation sites is 1. The van der Waals surface area contributed by atoms with Crippen molar-refractivity contribution in [1.82, 2.24) is 5.16 Å². The lowest BCUT2D eigenvalue weighted by atomic mass is 10.0. The minimum Gasteiger partial charge on any atom is -0.478 e. The quantitative estimate of drug-likeness (QED) is 0.818. The third-order valence-corrected chi connectivity index (χ3v) is 2.30. The van der Waals surface area contributed by atoms with E-state index in [-0.39, 0.29) is 11.5 Å². The molecule has 0 bridgehead atoms. The first-order valence-corrected chi connectivity index (χ1v) is 4.73. The van der Waals surface area contributed by atoms with Crippen LogP contribution in [0.3, 0.4) is 0 Å². The second-order valence-electron chi connectivity index (χ2n) is 3.71. The van der Waals surface area contributed by atoms with Crippen molar-refractivity contribution >= 4 is 16.9 Å². The van der Waals surface area contributed by atoms with Gasteiger partial charge in [0.05, 0.1) is 5.69 Å². The van der Waals surface area contributed by atoms with Crippen molar-refractivity contribution in [3.63, 3.8) is 0 Å². The van der Waals surface area contributed by atoms with Crippen LogP contribution in [0.2, 0.25) is 0 Å². The number of aromatic nitrogens is 1. The molecule has 1 N–H and O–H groups in total. The Labute approximate surface area is 86.5 Å². The molecule has 1 aromatic heterocycles. The van der Waals surface area contributed by atoms with Crippen LogP contribution in [-0.2, 0) is 0 Å². The first kappa shape index (κ1) is 9.71. The van der Waals surface area contributed by atoms with Gasteiger partial charge in [0.25, 0.3) is 0 Å². The fourth-order valence-electron chi connectivity index (χ4n) is 1.57. The van der Waals surface area contributed by atoms with Gasteiger partial charge in [-0.3, -0.25) is 0 Å². The van der Waals surface area contributed by atoms with Crippen molar-refractivity contribution in [2.75, 3.05) is 0 Å². The molecule has 0 aliphatic rings. The zero-order valence-electron chi connectivity index (χ0n) is 8.52. The van der Waals surface area contributed by atoms with Gasteiger partial charge in [0.15, 0.2) is 5.58 Å². The van der Waals surface area contributed by atoms with Gasteiger partial charge in [-0.25, -0.2) is 4.79 Å². The predicted octanol–water partition coefficient (Wildman–Crippen LogP) is 2.65. The van der Waals surface area contributed by atoms with Gasteiger partial charge in [0.1, 0.15) is 5.56 Å². The maximum absolute atomic E-state index is 10.9. The van der Waals surface area contributed by atoms with Crippen molar-refractivity contribution in [2.24, 2.45) is 0 Å². The monoisotopic (exact) mass is 205 g/mol. The first-order chi connectivity index (χ1) is 7.11. The molecule has 0 aliphatic heterocycles. The average molecular weight is 205 g/mol. The number of rotatable bonds is 2. The van der Waals surface area contributed by atoms with Crippen LogP contribution in [0.15, 0.2) is 22.7 Å². The van der Waals surface area contributed by atoms with Gasteiger partial charge in [0.2, 0.25) is 0 Å². The van der Waals surface area contributed by atoms with Crippen molar-refractivity contribution < 1.29 is 14.4 Å². The molecule has 0 amide bonds. The summed E-state index contributed by atoms with van der Waals surface area (Å²) in [5.41, 5.74) is 1.31. The third-order valence-electron chi connectivity index (χ3n) is 2.30. The fraction of sp³-hybridized carbons (Fsp3) is 0.273. The van der Waals surface area contributed by atoms with E-state index in [0.29, 0.717) is 5.58 Å². The Hall–Kier alpha value is -1.84. The van der Waals surface area contributed by atoms with Crippen LogP contribution in [0.25, 0.3) is 11.0 Å². The van der Waals surface area contributed by atoms with E-state index in [4.69, 9.17) is 9.63 Å². The van der Waals surface area contributed by atoms with Gasteiger partial charge >= 0.3 is 5.97 Å². The van der Waals surface area contributed by atoms with E-state index >= 15 is 0 Å². The summed E-state index contributed by atoms with van der Waals surface area (Å²) in [6.07, 6.45) is 0. The van der Waals surface area contributed by atoms with E-state index in [1.165, 1.54) is 6.07 Å². The number of carboxylic acid groups (broad SMARTS) is 1. The zero-order valence-corrected chi connectivity index (χ0v) is 8.52. The number of nitrogens with zero attached hydrogens (tertiary/aromatic N) is 1. The Morgan fingerprint density at radius 1 is 1.47 bits per heavy atom. The van der Waals surface area contributed by atoms with Gasteiger partial charge in [-0.15, -0.1) is 0 Å². The second-order valence-corrected chi connectivity index (χ2v) is 3.71. The maximum atomic E-state index is 10.9. The van der Waals surface area contributed by atoms with E-state index in [0.717, 1.165) is 11.1 Å². The third kappa shape index (κ3) is 1.48. The van der Waals surface area contributed by atoms with E-state index in [1.54, 1.807) is 6.07 Å². The van der Waals surface area contributed by atoms with Crippen LogP contribution in [0.5, 0.6) is 0 Å². The molecule has 78 valence electrons. The van der Waals surface area contributed by atoms with Gasteiger partial charge in [-0.2, -0.15) is 0 Å². The largest absolute Gasteiger partial charge is 0.478 e. The number of fused-ring (bicyclic) bond motifs is 1. The second kappa shape index (κ2) is 3.38. The molecule has 15 heavy (non-hydrogen) atoms. The summed E-state index contributed by atoms with van der Waals surface area (Å²) in [7, 11) is 0. The van der Waals surface area contributed by atoms with E-state index in [9.17, 15) is 4.79 Å². The highest BCUT2D eigenvalue weighted by Gasteiger charge is 2.17. The van der Waals surface area contributed by atoms with Crippen LogP contribution < -0.4 is 0 Å². The van der Waals surface area contributed by atoms with E-state index < -0.39 is 5.97 Å². The van der Waals surface area contributed by atoms with Gasteiger partial charge in [-0.1, -0.05) is 25.1 Å². The molecular weight excluding hydrogens is 194 g/mol. The molecule has 0 unspecified atom stereocenters. The minimum atomic E-state index is -0.993. The van der Waals surface area contributed by atoms with Crippen LogP contribution in [-0.4, -0.2) is 16.2 Å². The molecule has 0 radical (unpaired) electrons. The standard InChI is InChI=1S/C11H11NO3/c1-6(2)9-7-4-3-5-8(11(13)14)10(7)15-12-9/h3-6H,1-2H3,(H,13,14). The molecule has 0 aliphatic carbocycles. The van der Waals surface area contributed by atoms with Crippen LogP contribution in [0.4, 0.5) is 0 Å². The van der Waals surface area contributed by atoms with Crippen molar-refractivity contribution in [2.45, 2.75) is 19.8 Å². The molecule has 0 spiro atoms. The summed E-state index contributed by atoms with van der Waals surface area (Å²) in [5.74, 6) is -0.776. The number of carbonyl (C=O) groups is 1. The van der Waals surface area contributed by atoms with Crippen molar-refractivity contribution in [3.8, 4) is 0 Å². The average Bonchev–Trinajstić information content (AvgIpc) is 2.59. The lowest BCUT2D eigenvalue weighted by molar-refractivity contribution is 0.0697. The van der Waals surface area contributed by atoms with Crippen LogP contribution in [0.1, 0.15) is 35.8 Å². The number of hydrogen-bond acceptors (Lipinski definition) is 3. The number of carboxylic acids is 1. The molecule has 4 nitrogen and oxygen atoms in total. The molecule has 0 atom stereocenters. The molecule has 0 fully saturated rings. The highest BCUT2D eigenvalue weighted by Crippen LogP contribution is 2.26. The lowest BCUT2D eigenvalue weighted by Crippen LogP contribution is -1.96. The van der Waals surface area contributed by atoms with Crippen molar-refractivity contribution in [1.29, 1.82) is 0 Å². The molecule has 2 rings (SSSR count). The SMILES string of the molecule is CC(C)c1noc2c(C(=O)O)cccc12. The Bertz CT molecular complexity index is 514. The number of benzene rings is 1. The highest BCUT2D eigenvalue weighted by atomic mass is 16.5. The Balaban J connectivity index is 2.74. The van der Waals surface area contributed by atoms with Crippen LogP contribution in [0, 0.1) is 0 Å². The topological polar surface area (TPSA) is 63.3 Å². The fourth-order valence-corrected chi connectivity index (χ4v) is 1.57. The molecule has 0 saturated carbocycles. The summed E-state index contributed by atoms with van der Waals surface area (Å²) in [4.78, 5) is 10.9. The highest BCUT2D eigenvalue weighted by molar-refractivity contribution is 6.01. The molecule has 2 aromatic rings. The molecule has 0 saturated heterocycles. The van der Waals surface area contributed by atoms with E-state index in [2.05, 4.69) is 5.16 Å². The minimum absolute atomic E-state index is 0.159. The summed E-state index contributed by atoms with van der Waals surface area (Å²) in [6, 6.07) is 5.04. The lowest BCUT2D eigenvalue weighted by Gasteiger charge is -1.98. The summed E-state index contributed by atoms with van der Waals surface area (Å²) < 4.78 is 5.07.